The van der Waals surface area contributed by atoms with E-state index in [1.165, 1.54) is 7.11 Å². The summed E-state index contributed by atoms with van der Waals surface area (Å²) in [6.07, 6.45) is 2.29. The van der Waals surface area contributed by atoms with Gasteiger partial charge in [0.25, 0.3) is 0 Å². The van der Waals surface area contributed by atoms with Crippen molar-refractivity contribution in [1.82, 2.24) is 5.32 Å². The number of nitriles is 1. The molecule has 0 spiro atoms. The standard InChI is InChI=1S/C10H14N2O3/c1-15-8(13)3-6-12-9(14)10(7-11)4-2-5-10/h2-6H2,1H3,(H,12,14). The van der Waals surface area contributed by atoms with E-state index in [9.17, 15) is 9.59 Å². The van der Waals surface area contributed by atoms with Crippen molar-refractivity contribution in [2.75, 3.05) is 13.7 Å². The third-order valence-corrected chi connectivity index (χ3v) is 2.70. The fraction of sp³-hybridized carbons (Fsp3) is 0.700. The molecule has 0 heterocycles. The van der Waals surface area contributed by atoms with Crippen LogP contribution in [0.4, 0.5) is 0 Å². The van der Waals surface area contributed by atoms with E-state index in [-0.39, 0.29) is 24.8 Å². The largest absolute Gasteiger partial charge is 0.469 e. The van der Waals surface area contributed by atoms with E-state index in [1.54, 1.807) is 0 Å². The minimum Gasteiger partial charge on any atom is -0.469 e. The number of carbonyl (C=O) groups is 2. The van der Waals surface area contributed by atoms with Crippen molar-refractivity contribution in [2.45, 2.75) is 25.7 Å². The summed E-state index contributed by atoms with van der Waals surface area (Å²) >= 11 is 0. The predicted molar refractivity (Wildman–Crippen MR) is 51.5 cm³/mol. The second kappa shape index (κ2) is 4.78. The number of carbonyl (C=O) groups excluding carboxylic acids is 2. The third-order valence-electron chi connectivity index (χ3n) is 2.70. The second-order valence-corrected chi connectivity index (χ2v) is 3.63. The zero-order valence-corrected chi connectivity index (χ0v) is 8.71. The first-order valence-corrected chi connectivity index (χ1v) is 4.91. The van der Waals surface area contributed by atoms with E-state index >= 15 is 0 Å². The van der Waals surface area contributed by atoms with Gasteiger partial charge in [-0.25, -0.2) is 0 Å². The monoisotopic (exact) mass is 210 g/mol. The Balaban J connectivity index is 2.30. The van der Waals surface area contributed by atoms with Gasteiger partial charge < -0.3 is 10.1 Å². The lowest BCUT2D eigenvalue weighted by molar-refractivity contribution is -0.140. The van der Waals surface area contributed by atoms with Gasteiger partial charge in [0, 0.05) is 6.54 Å². The topological polar surface area (TPSA) is 79.2 Å². The average Bonchev–Trinajstić information content (AvgIpc) is 2.16. The number of hydrogen-bond donors (Lipinski definition) is 1. The Morgan fingerprint density at radius 3 is 2.60 bits per heavy atom. The fourth-order valence-electron chi connectivity index (χ4n) is 1.47. The molecule has 0 aromatic carbocycles. The van der Waals surface area contributed by atoms with Crippen molar-refractivity contribution in [3.8, 4) is 6.07 Å². The van der Waals surface area contributed by atoms with Gasteiger partial charge in [0.05, 0.1) is 19.6 Å². The van der Waals surface area contributed by atoms with Crippen molar-refractivity contribution in [2.24, 2.45) is 5.41 Å². The summed E-state index contributed by atoms with van der Waals surface area (Å²) in [5.74, 6) is -0.630. The summed E-state index contributed by atoms with van der Waals surface area (Å²) in [4.78, 5) is 22.3. The first-order chi connectivity index (χ1) is 7.14. The van der Waals surface area contributed by atoms with Gasteiger partial charge in [0.2, 0.25) is 5.91 Å². The molecule has 82 valence electrons. The molecule has 0 aromatic heterocycles. The Morgan fingerprint density at radius 1 is 1.53 bits per heavy atom. The van der Waals surface area contributed by atoms with E-state index in [2.05, 4.69) is 10.1 Å². The van der Waals surface area contributed by atoms with E-state index in [4.69, 9.17) is 5.26 Å². The maximum Gasteiger partial charge on any atom is 0.307 e. The van der Waals surface area contributed by atoms with Gasteiger partial charge in [-0.2, -0.15) is 5.26 Å². The zero-order valence-electron chi connectivity index (χ0n) is 8.71. The van der Waals surface area contributed by atoms with Crippen LogP contribution >= 0.6 is 0 Å². The van der Waals surface area contributed by atoms with Crippen molar-refractivity contribution in [3.63, 3.8) is 0 Å². The van der Waals surface area contributed by atoms with Gasteiger partial charge in [-0.05, 0) is 19.3 Å². The highest BCUT2D eigenvalue weighted by Crippen LogP contribution is 2.40. The first-order valence-electron chi connectivity index (χ1n) is 4.91. The van der Waals surface area contributed by atoms with Gasteiger partial charge in [0.15, 0.2) is 0 Å². The van der Waals surface area contributed by atoms with Crippen molar-refractivity contribution < 1.29 is 14.3 Å². The number of rotatable bonds is 4. The van der Waals surface area contributed by atoms with E-state index in [0.717, 1.165) is 6.42 Å². The molecule has 5 heteroatoms. The van der Waals surface area contributed by atoms with Gasteiger partial charge in [-0.15, -0.1) is 0 Å². The highest BCUT2D eigenvalue weighted by Gasteiger charge is 2.44. The van der Waals surface area contributed by atoms with Crippen LogP contribution < -0.4 is 5.32 Å². The molecule has 1 fully saturated rings. The molecule has 0 aromatic rings. The van der Waals surface area contributed by atoms with E-state index in [1.807, 2.05) is 6.07 Å². The molecule has 1 rings (SSSR count). The van der Waals surface area contributed by atoms with Crippen molar-refractivity contribution in [1.29, 1.82) is 5.26 Å². The molecule has 0 saturated heterocycles. The van der Waals surface area contributed by atoms with Gasteiger partial charge in [0.1, 0.15) is 5.41 Å². The van der Waals surface area contributed by atoms with Crippen molar-refractivity contribution in [3.05, 3.63) is 0 Å². The van der Waals surface area contributed by atoms with Crippen LogP contribution in [-0.2, 0) is 14.3 Å². The number of nitrogens with zero attached hydrogens (tertiary/aromatic N) is 1. The summed E-state index contributed by atoms with van der Waals surface area (Å²) in [5.41, 5.74) is -0.837. The molecule has 0 bridgehead atoms. The molecule has 0 aliphatic heterocycles. The van der Waals surface area contributed by atoms with E-state index in [0.29, 0.717) is 12.8 Å². The Bertz CT molecular complexity index is 302. The molecular formula is C10H14N2O3. The molecule has 1 aliphatic carbocycles. The number of esters is 1. The zero-order chi connectivity index (χ0) is 11.3. The minimum absolute atomic E-state index is 0.143. The lowest BCUT2D eigenvalue weighted by Crippen LogP contribution is -2.45. The van der Waals surface area contributed by atoms with Crippen molar-refractivity contribution >= 4 is 11.9 Å². The predicted octanol–water partition coefficient (Wildman–Crippen LogP) is 0.360. The van der Waals surface area contributed by atoms with Crippen LogP contribution in [0.3, 0.4) is 0 Å². The number of ether oxygens (including phenoxy) is 1. The lowest BCUT2D eigenvalue weighted by Gasteiger charge is -2.33. The molecule has 5 nitrogen and oxygen atoms in total. The first kappa shape index (κ1) is 11.5. The normalized spacial score (nSPS) is 17.1. The Kier molecular flexibility index (Phi) is 3.67. The fourth-order valence-corrected chi connectivity index (χ4v) is 1.47. The molecule has 1 aliphatic rings. The van der Waals surface area contributed by atoms with Gasteiger partial charge in [-0.3, -0.25) is 9.59 Å². The Labute approximate surface area is 88.4 Å². The Morgan fingerprint density at radius 2 is 2.20 bits per heavy atom. The molecule has 1 amide bonds. The third kappa shape index (κ3) is 2.46. The maximum absolute atomic E-state index is 11.6. The van der Waals surface area contributed by atoms with Crippen LogP contribution in [0.15, 0.2) is 0 Å². The summed E-state index contributed by atoms with van der Waals surface area (Å²) in [6, 6.07) is 2.04. The van der Waals surface area contributed by atoms with Crippen LogP contribution in [0, 0.1) is 16.7 Å². The average molecular weight is 210 g/mol. The molecule has 0 atom stereocenters. The van der Waals surface area contributed by atoms with Crippen LogP contribution in [0.5, 0.6) is 0 Å². The van der Waals surface area contributed by atoms with Crippen LogP contribution in [-0.4, -0.2) is 25.5 Å². The molecular weight excluding hydrogens is 196 g/mol. The van der Waals surface area contributed by atoms with Crippen LogP contribution in [0.1, 0.15) is 25.7 Å². The molecule has 1 saturated carbocycles. The molecule has 1 N–H and O–H groups in total. The number of hydrogen-bond acceptors (Lipinski definition) is 4. The summed E-state index contributed by atoms with van der Waals surface area (Å²) in [7, 11) is 1.30. The Hall–Kier alpha value is -1.57. The van der Waals surface area contributed by atoms with E-state index < -0.39 is 5.41 Å². The highest BCUT2D eigenvalue weighted by molar-refractivity contribution is 5.86. The highest BCUT2D eigenvalue weighted by atomic mass is 16.5. The lowest BCUT2D eigenvalue weighted by atomic mass is 9.69. The SMILES string of the molecule is COC(=O)CCNC(=O)C1(C#N)CCC1. The number of nitrogens with one attached hydrogen (secondary N) is 1. The maximum atomic E-state index is 11.6. The minimum atomic E-state index is -0.837. The van der Waals surface area contributed by atoms with Gasteiger partial charge in [-0.1, -0.05) is 0 Å². The second-order valence-electron chi connectivity index (χ2n) is 3.63. The summed E-state index contributed by atoms with van der Waals surface area (Å²) in [6.45, 7) is 0.231. The van der Waals surface area contributed by atoms with Gasteiger partial charge >= 0.3 is 5.97 Å². The van der Waals surface area contributed by atoms with Crippen LogP contribution in [0.25, 0.3) is 0 Å². The quantitative estimate of drug-likeness (QED) is 0.679. The molecule has 0 unspecified atom stereocenters. The number of amides is 1. The number of methoxy groups -OCH3 is 1. The molecule has 15 heavy (non-hydrogen) atoms. The summed E-state index contributed by atoms with van der Waals surface area (Å²) in [5, 5.41) is 11.4. The van der Waals surface area contributed by atoms with Crippen LogP contribution in [0.2, 0.25) is 0 Å². The molecule has 0 radical (unpaired) electrons. The smallest absolute Gasteiger partial charge is 0.307 e. The summed E-state index contributed by atoms with van der Waals surface area (Å²) < 4.78 is 4.43.